The first-order valence-corrected chi connectivity index (χ1v) is 6.62. The number of carbonyl (C=O) groups is 1. The second kappa shape index (κ2) is 6.55. The highest BCUT2D eigenvalue weighted by molar-refractivity contribution is 6.34. The number of aliphatic carboxylic acids is 1. The quantitative estimate of drug-likeness (QED) is 0.909. The lowest BCUT2D eigenvalue weighted by Crippen LogP contribution is -2.38. The van der Waals surface area contributed by atoms with Crippen molar-refractivity contribution in [3.8, 4) is 6.07 Å². The number of nitrogens with zero attached hydrogens (tertiary/aromatic N) is 3. The van der Waals surface area contributed by atoms with Crippen LogP contribution in [0.5, 0.6) is 0 Å². The topological polar surface area (TPSA) is 86.5 Å². The molecule has 2 heterocycles. The third-order valence-corrected chi connectivity index (χ3v) is 3.55. The van der Waals surface area contributed by atoms with Gasteiger partial charge in [0.1, 0.15) is 23.5 Å². The van der Waals surface area contributed by atoms with Gasteiger partial charge in [0, 0.05) is 19.3 Å². The predicted molar refractivity (Wildman–Crippen MR) is 72.8 cm³/mol. The first kappa shape index (κ1) is 14.6. The van der Waals surface area contributed by atoms with Gasteiger partial charge in [0.2, 0.25) is 0 Å². The van der Waals surface area contributed by atoms with E-state index in [1.807, 2.05) is 11.0 Å². The molecule has 1 aromatic rings. The molecule has 1 saturated heterocycles. The maximum absolute atomic E-state index is 10.4. The van der Waals surface area contributed by atoms with E-state index in [1.165, 1.54) is 0 Å². The van der Waals surface area contributed by atoms with Crippen LogP contribution >= 0.6 is 11.6 Å². The summed E-state index contributed by atoms with van der Waals surface area (Å²) in [6, 6.07) is 3.61. The Bertz CT molecular complexity index is 536. The summed E-state index contributed by atoms with van der Waals surface area (Å²) in [4.78, 5) is 16.7. The van der Waals surface area contributed by atoms with Crippen molar-refractivity contribution < 1.29 is 14.6 Å². The van der Waals surface area contributed by atoms with Crippen LogP contribution in [0.15, 0.2) is 12.3 Å². The van der Waals surface area contributed by atoms with Crippen LogP contribution in [0.25, 0.3) is 0 Å². The molecule has 20 heavy (non-hydrogen) atoms. The molecule has 106 valence electrons. The standard InChI is InChI=1S/C13H14ClN3O3/c14-12-9(7-15)1-4-16-13(12)17-5-2-10(3-6-17)20-8-11(18)19/h1,4,10H,2-3,5-6,8H2,(H,18,19). The smallest absolute Gasteiger partial charge is 0.329 e. The van der Waals surface area contributed by atoms with Gasteiger partial charge in [-0.1, -0.05) is 11.6 Å². The van der Waals surface area contributed by atoms with Crippen molar-refractivity contribution in [2.75, 3.05) is 24.6 Å². The summed E-state index contributed by atoms with van der Waals surface area (Å²) in [5.74, 6) is -0.360. The van der Waals surface area contributed by atoms with E-state index < -0.39 is 5.97 Å². The van der Waals surface area contributed by atoms with Crippen LogP contribution in [-0.2, 0) is 9.53 Å². The Balaban J connectivity index is 1.97. The Kier molecular flexibility index (Phi) is 4.77. The molecule has 0 spiro atoms. The lowest BCUT2D eigenvalue weighted by Gasteiger charge is -2.32. The van der Waals surface area contributed by atoms with Gasteiger partial charge < -0.3 is 14.7 Å². The van der Waals surface area contributed by atoms with Gasteiger partial charge >= 0.3 is 5.97 Å². The van der Waals surface area contributed by atoms with Gasteiger partial charge in [-0.05, 0) is 18.9 Å². The first-order valence-electron chi connectivity index (χ1n) is 6.24. The van der Waals surface area contributed by atoms with Crippen LogP contribution in [0, 0.1) is 11.3 Å². The number of pyridine rings is 1. The van der Waals surface area contributed by atoms with Gasteiger partial charge in [-0.15, -0.1) is 0 Å². The average Bonchev–Trinajstić information content (AvgIpc) is 2.46. The monoisotopic (exact) mass is 295 g/mol. The normalized spacial score (nSPS) is 15.9. The minimum absolute atomic E-state index is 0.0553. The van der Waals surface area contributed by atoms with Gasteiger partial charge in [0.05, 0.1) is 11.7 Å². The van der Waals surface area contributed by atoms with Crippen molar-refractivity contribution in [1.29, 1.82) is 5.26 Å². The highest BCUT2D eigenvalue weighted by Gasteiger charge is 2.23. The van der Waals surface area contributed by atoms with E-state index in [0.717, 1.165) is 0 Å². The molecule has 0 atom stereocenters. The molecule has 0 radical (unpaired) electrons. The van der Waals surface area contributed by atoms with Crippen molar-refractivity contribution in [3.05, 3.63) is 22.8 Å². The first-order chi connectivity index (χ1) is 9.61. The number of piperidine rings is 1. The number of nitriles is 1. The third-order valence-electron chi connectivity index (χ3n) is 3.18. The van der Waals surface area contributed by atoms with E-state index in [1.54, 1.807) is 12.3 Å². The summed E-state index contributed by atoms with van der Waals surface area (Å²) in [5.41, 5.74) is 0.404. The minimum Gasteiger partial charge on any atom is -0.480 e. The number of anilines is 1. The summed E-state index contributed by atoms with van der Waals surface area (Å²) in [6.45, 7) is 1.07. The van der Waals surface area contributed by atoms with Crippen LogP contribution in [0.1, 0.15) is 18.4 Å². The second-order valence-corrected chi connectivity index (χ2v) is 4.88. The molecular formula is C13H14ClN3O3. The van der Waals surface area contributed by atoms with Crippen LogP contribution in [-0.4, -0.2) is 41.9 Å². The zero-order valence-electron chi connectivity index (χ0n) is 10.8. The fraction of sp³-hybridized carbons (Fsp3) is 0.462. The average molecular weight is 296 g/mol. The molecule has 0 aliphatic carbocycles. The Morgan fingerprint density at radius 2 is 2.30 bits per heavy atom. The fourth-order valence-electron chi connectivity index (χ4n) is 2.16. The highest BCUT2D eigenvalue weighted by atomic mass is 35.5. The maximum atomic E-state index is 10.4. The van der Waals surface area contributed by atoms with Crippen molar-refractivity contribution in [2.24, 2.45) is 0 Å². The van der Waals surface area contributed by atoms with Gasteiger partial charge in [-0.3, -0.25) is 0 Å². The number of aromatic nitrogens is 1. The Labute approximate surface area is 121 Å². The third kappa shape index (κ3) is 3.38. The largest absolute Gasteiger partial charge is 0.480 e. The molecule has 0 bridgehead atoms. The molecule has 0 saturated carbocycles. The summed E-state index contributed by atoms with van der Waals surface area (Å²) < 4.78 is 5.27. The summed E-state index contributed by atoms with van der Waals surface area (Å²) in [6.07, 6.45) is 2.93. The Hall–Kier alpha value is -1.84. The van der Waals surface area contributed by atoms with Crippen molar-refractivity contribution in [2.45, 2.75) is 18.9 Å². The van der Waals surface area contributed by atoms with E-state index in [9.17, 15) is 4.79 Å². The zero-order valence-corrected chi connectivity index (χ0v) is 11.5. The van der Waals surface area contributed by atoms with E-state index in [-0.39, 0.29) is 12.7 Å². The molecule has 1 aliphatic rings. The number of hydrogen-bond donors (Lipinski definition) is 1. The van der Waals surface area contributed by atoms with Crippen molar-refractivity contribution in [3.63, 3.8) is 0 Å². The SMILES string of the molecule is N#Cc1ccnc(N2CCC(OCC(=O)O)CC2)c1Cl. The minimum atomic E-state index is -0.959. The van der Waals surface area contributed by atoms with Gasteiger partial charge in [0.15, 0.2) is 0 Å². The number of hydrogen-bond acceptors (Lipinski definition) is 5. The molecule has 0 amide bonds. The molecule has 0 aromatic carbocycles. The lowest BCUT2D eigenvalue weighted by atomic mass is 10.1. The number of halogens is 1. The molecule has 1 aromatic heterocycles. The Morgan fingerprint density at radius 1 is 1.60 bits per heavy atom. The highest BCUT2D eigenvalue weighted by Crippen LogP contribution is 2.28. The molecule has 2 rings (SSSR count). The van der Waals surface area contributed by atoms with E-state index in [4.69, 9.17) is 26.7 Å². The van der Waals surface area contributed by atoms with Crippen molar-refractivity contribution in [1.82, 2.24) is 4.98 Å². The molecule has 7 heteroatoms. The Morgan fingerprint density at radius 3 is 2.90 bits per heavy atom. The summed E-state index contributed by atoms with van der Waals surface area (Å²) in [5, 5.41) is 17.9. The van der Waals surface area contributed by atoms with Crippen LogP contribution < -0.4 is 4.90 Å². The van der Waals surface area contributed by atoms with Gasteiger partial charge in [-0.2, -0.15) is 5.26 Å². The van der Waals surface area contributed by atoms with Crippen molar-refractivity contribution >= 4 is 23.4 Å². The number of rotatable bonds is 4. The van der Waals surface area contributed by atoms with Crippen LogP contribution in [0.4, 0.5) is 5.82 Å². The molecular weight excluding hydrogens is 282 g/mol. The summed E-state index contributed by atoms with van der Waals surface area (Å²) >= 11 is 6.15. The predicted octanol–water partition coefficient (Wildman–Crippen LogP) is 1.68. The fourth-order valence-corrected chi connectivity index (χ4v) is 2.44. The van der Waals surface area contributed by atoms with E-state index in [0.29, 0.717) is 42.3 Å². The number of carboxylic acid groups (broad SMARTS) is 1. The molecule has 0 unspecified atom stereocenters. The molecule has 6 nitrogen and oxygen atoms in total. The summed E-state index contributed by atoms with van der Waals surface area (Å²) in [7, 11) is 0. The molecule has 1 aliphatic heterocycles. The zero-order chi connectivity index (χ0) is 14.5. The number of ether oxygens (including phenoxy) is 1. The number of carboxylic acids is 1. The van der Waals surface area contributed by atoms with Gasteiger partial charge in [-0.25, -0.2) is 9.78 Å². The maximum Gasteiger partial charge on any atom is 0.329 e. The van der Waals surface area contributed by atoms with E-state index in [2.05, 4.69) is 4.98 Å². The molecule has 1 fully saturated rings. The molecule has 1 N–H and O–H groups in total. The second-order valence-electron chi connectivity index (χ2n) is 4.50. The van der Waals surface area contributed by atoms with Gasteiger partial charge in [0.25, 0.3) is 0 Å². The lowest BCUT2D eigenvalue weighted by molar-refractivity contribution is -0.144. The van der Waals surface area contributed by atoms with Crippen LogP contribution in [0.3, 0.4) is 0 Å². The van der Waals surface area contributed by atoms with Crippen LogP contribution in [0.2, 0.25) is 5.02 Å². The van der Waals surface area contributed by atoms with E-state index >= 15 is 0 Å².